The Balaban J connectivity index is 3.41. The molecule has 0 heterocycles. The molecule has 0 bridgehead atoms. The normalized spacial score (nSPS) is 12.7. The molecule has 0 spiro atoms. The lowest BCUT2D eigenvalue weighted by Crippen LogP contribution is -2.53. The monoisotopic (exact) mass is 517 g/mol. The van der Waals surface area contributed by atoms with Crippen molar-refractivity contribution in [1.82, 2.24) is 15.5 Å². The van der Waals surface area contributed by atoms with E-state index < -0.39 is 23.8 Å². The molecule has 200 valence electrons. The third-order valence-electron chi connectivity index (χ3n) is 5.42. The average Bonchev–Trinajstić information content (AvgIpc) is 2.83. The summed E-state index contributed by atoms with van der Waals surface area (Å²) in [6.45, 7) is 10.3. The summed E-state index contributed by atoms with van der Waals surface area (Å²) in [6, 6.07) is 5.47. The number of rotatable bonds is 14. The molecule has 2 atom stereocenters. The van der Waals surface area contributed by atoms with Gasteiger partial charge in [-0.15, -0.1) is 6.42 Å². The summed E-state index contributed by atoms with van der Waals surface area (Å²) in [5, 5.41) is 5.74. The van der Waals surface area contributed by atoms with Crippen molar-refractivity contribution in [2.24, 2.45) is 0 Å². The lowest BCUT2D eigenvalue weighted by atomic mass is 10.0. The molecule has 3 amide bonds. The number of alkyl carbamates (subject to hydrolysis) is 1. The van der Waals surface area contributed by atoms with Crippen LogP contribution in [0.5, 0.6) is 0 Å². The number of hydrogen-bond acceptors (Lipinski definition) is 5. The average molecular weight is 518 g/mol. The topological polar surface area (TPSA) is 87.7 Å². The van der Waals surface area contributed by atoms with Crippen molar-refractivity contribution in [3.63, 3.8) is 0 Å². The minimum absolute atomic E-state index is 0.248. The van der Waals surface area contributed by atoms with Crippen LogP contribution in [0.3, 0.4) is 0 Å². The number of unbranched alkanes of at least 4 members (excludes halogenated alkanes) is 2. The van der Waals surface area contributed by atoms with Gasteiger partial charge in [-0.25, -0.2) is 4.79 Å². The molecule has 2 unspecified atom stereocenters. The first-order chi connectivity index (χ1) is 17.1. The van der Waals surface area contributed by atoms with E-state index in [4.69, 9.17) is 11.2 Å². The molecule has 8 heteroatoms. The highest BCUT2D eigenvalue weighted by Crippen LogP contribution is 2.25. The number of ether oxygens (including phenoxy) is 1. The number of amides is 3. The summed E-state index contributed by atoms with van der Waals surface area (Å²) < 4.78 is 5.42. The number of thioether (sulfide) groups is 1. The third-order valence-corrected chi connectivity index (χ3v) is 6.06. The van der Waals surface area contributed by atoms with Gasteiger partial charge >= 0.3 is 6.09 Å². The minimum atomic E-state index is -0.843. The molecule has 1 aromatic carbocycles. The van der Waals surface area contributed by atoms with Gasteiger partial charge in [0.15, 0.2) is 0 Å². The lowest BCUT2D eigenvalue weighted by molar-refractivity contribution is -0.142. The molecule has 0 aliphatic heterocycles. The van der Waals surface area contributed by atoms with Crippen LogP contribution in [-0.4, -0.2) is 59.5 Å². The maximum Gasteiger partial charge on any atom is 0.408 e. The van der Waals surface area contributed by atoms with Crippen molar-refractivity contribution in [3.05, 3.63) is 35.4 Å². The first kappa shape index (κ1) is 31.4. The quantitative estimate of drug-likeness (QED) is 0.271. The van der Waals surface area contributed by atoms with E-state index in [1.807, 2.05) is 13.2 Å². The van der Waals surface area contributed by atoms with E-state index in [2.05, 4.69) is 23.5 Å². The van der Waals surface area contributed by atoms with Crippen molar-refractivity contribution in [1.29, 1.82) is 0 Å². The second kappa shape index (κ2) is 16.2. The van der Waals surface area contributed by atoms with Crippen molar-refractivity contribution in [3.8, 4) is 12.3 Å². The number of hydrogen-bond donors (Lipinski definition) is 2. The zero-order valence-corrected chi connectivity index (χ0v) is 23.5. The second-order valence-electron chi connectivity index (χ2n) is 9.68. The van der Waals surface area contributed by atoms with Gasteiger partial charge in [-0.1, -0.05) is 44.7 Å². The SMILES string of the molecule is C#Cc1ccc(C(C(=O)NCCCC)N(CCCC)C(=O)C(CCSC)NC(=O)OC(C)(C)C)cc1. The number of carbonyl (C=O) groups is 3. The highest BCUT2D eigenvalue weighted by Gasteiger charge is 2.35. The van der Waals surface area contributed by atoms with E-state index in [1.165, 1.54) is 0 Å². The summed E-state index contributed by atoms with van der Waals surface area (Å²) in [5.41, 5.74) is 0.674. The van der Waals surface area contributed by atoms with E-state index >= 15 is 0 Å². The number of benzene rings is 1. The fourth-order valence-corrected chi connectivity index (χ4v) is 4.03. The molecule has 2 N–H and O–H groups in total. The van der Waals surface area contributed by atoms with Crippen molar-refractivity contribution < 1.29 is 19.1 Å². The van der Waals surface area contributed by atoms with Crippen LogP contribution in [-0.2, 0) is 14.3 Å². The fraction of sp³-hybridized carbons (Fsp3) is 0.607. The van der Waals surface area contributed by atoms with Gasteiger partial charge in [0, 0.05) is 18.7 Å². The van der Waals surface area contributed by atoms with Gasteiger partial charge < -0.3 is 20.3 Å². The molecule has 0 radical (unpaired) electrons. The number of nitrogens with one attached hydrogen (secondary N) is 2. The Bertz CT molecular complexity index is 874. The van der Waals surface area contributed by atoms with Gasteiger partial charge in [-0.2, -0.15) is 11.8 Å². The minimum Gasteiger partial charge on any atom is -0.444 e. The van der Waals surface area contributed by atoms with Crippen LogP contribution < -0.4 is 10.6 Å². The maximum atomic E-state index is 14.0. The molecule has 1 aromatic rings. The largest absolute Gasteiger partial charge is 0.444 e. The van der Waals surface area contributed by atoms with Crippen molar-refractivity contribution in [2.45, 2.75) is 84.4 Å². The van der Waals surface area contributed by atoms with Gasteiger partial charge in [0.2, 0.25) is 11.8 Å². The Labute approximate surface area is 221 Å². The first-order valence-corrected chi connectivity index (χ1v) is 14.1. The molecule has 0 aliphatic carbocycles. The van der Waals surface area contributed by atoms with E-state index in [9.17, 15) is 14.4 Å². The Morgan fingerprint density at radius 2 is 1.75 bits per heavy atom. The molecule has 7 nitrogen and oxygen atoms in total. The van der Waals surface area contributed by atoms with Crippen LogP contribution in [0.2, 0.25) is 0 Å². The van der Waals surface area contributed by atoms with Crippen LogP contribution in [0.1, 0.15) is 83.9 Å². The highest BCUT2D eigenvalue weighted by atomic mass is 32.2. The van der Waals surface area contributed by atoms with Crippen LogP contribution in [0.4, 0.5) is 4.79 Å². The summed E-state index contributed by atoms with van der Waals surface area (Å²) >= 11 is 1.59. The van der Waals surface area contributed by atoms with E-state index in [1.54, 1.807) is 61.7 Å². The molecular formula is C28H43N3O4S. The predicted octanol–water partition coefficient (Wildman–Crippen LogP) is 4.90. The number of terminal acetylenes is 1. The van der Waals surface area contributed by atoms with E-state index in [0.717, 1.165) is 19.3 Å². The Hall–Kier alpha value is -2.66. The fourth-order valence-electron chi connectivity index (χ4n) is 3.56. The zero-order valence-electron chi connectivity index (χ0n) is 22.7. The van der Waals surface area contributed by atoms with E-state index in [-0.39, 0.29) is 11.8 Å². The van der Waals surface area contributed by atoms with Crippen LogP contribution in [0, 0.1) is 12.3 Å². The molecular weight excluding hydrogens is 474 g/mol. The second-order valence-corrected chi connectivity index (χ2v) is 10.7. The summed E-state index contributed by atoms with van der Waals surface area (Å²) in [4.78, 5) is 41.6. The number of carbonyl (C=O) groups excluding carboxylic acids is 3. The van der Waals surface area contributed by atoms with Crippen molar-refractivity contribution in [2.75, 3.05) is 25.1 Å². The standard InChI is InChI=1S/C28H43N3O4S/c1-8-11-18-29-25(32)24(22-15-13-21(10-3)14-16-22)31(19-12-9-2)26(33)23(17-20-36-7)30-27(34)35-28(4,5)6/h3,13-16,23-24H,8-9,11-12,17-20H2,1-2,4-7H3,(H,29,32)(H,30,34). The molecule has 1 rings (SSSR count). The van der Waals surface area contributed by atoms with Crippen LogP contribution >= 0.6 is 11.8 Å². The van der Waals surface area contributed by atoms with Gasteiger partial charge in [0.25, 0.3) is 0 Å². The van der Waals surface area contributed by atoms with Gasteiger partial charge in [0.1, 0.15) is 17.7 Å². The third kappa shape index (κ3) is 10.9. The Kier molecular flexibility index (Phi) is 14.1. The molecule has 0 aromatic heterocycles. The highest BCUT2D eigenvalue weighted by molar-refractivity contribution is 7.98. The van der Waals surface area contributed by atoms with Crippen molar-refractivity contribution >= 4 is 29.7 Å². The lowest BCUT2D eigenvalue weighted by Gasteiger charge is -2.34. The Morgan fingerprint density at radius 3 is 2.28 bits per heavy atom. The van der Waals surface area contributed by atoms with E-state index in [0.29, 0.717) is 42.8 Å². The summed E-state index contributed by atoms with van der Waals surface area (Å²) in [6.07, 6.45) is 10.6. The van der Waals surface area contributed by atoms with Gasteiger partial charge in [0.05, 0.1) is 0 Å². The molecule has 0 fully saturated rings. The summed E-state index contributed by atoms with van der Waals surface area (Å²) in [7, 11) is 0. The molecule has 0 saturated carbocycles. The predicted molar refractivity (Wildman–Crippen MR) is 148 cm³/mol. The van der Waals surface area contributed by atoms with Crippen LogP contribution in [0.25, 0.3) is 0 Å². The smallest absolute Gasteiger partial charge is 0.408 e. The molecule has 36 heavy (non-hydrogen) atoms. The number of nitrogens with zero attached hydrogens (tertiary/aromatic N) is 1. The first-order valence-electron chi connectivity index (χ1n) is 12.7. The van der Waals surface area contributed by atoms with Crippen LogP contribution in [0.15, 0.2) is 24.3 Å². The molecule has 0 saturated heterocycles. The maximum absolute atomic E-state index is 14.0. The zero-order chi connectivity index (χ0) is 27.1. The Morgan fingerprint density at radius 1 is 1.11 bits per heavy atom. The van der Waals surface area contributed by atoms with Gasteiger partial charge in [-0.05, 0) is 69.7 Å². The molecule has 0 aliphatic rings. The van der Waals surface area contributed by atoms with Gasteiger partial charge in [-0.3, -0.25) is 9.59 Å². The summed E-state index contributed by atoms with van der Waals surface area (Å²) in [5.74, 6) is 2.70.